The van der Waals surface area contributed by atoms with Crippen LogP contribution in [0.25, 0.3) is 0 Å². The van der Waals surface area contributed by atoms with E-state index in [0.29, 0.717) is 18.7 Å². The summed E-state index contributed by atoms with van der Waals surface area (Å²) in [5, 5.41) is 0. The molecule has 0 unspecified atom stereocenters. The van der Waals surface area contributed by atoms with Gasteiger partial charge < -0.3 is 9.64 Å². The average Bonchev–Trinajstić information content (AvgIpc) is 2.67. The van der Waals surface area contributed by atoms with Crippen LogP contribution >= 0.6 is 0 Å². The Morgan fingerprint density at radius 2 is 2.10 bits per heavy atom. The number of nitrogens with one attached hydrogen (secondary N) is 1. The molecule has 20 heavy (non-hydrogen) atoms. The summed E-state index contributed by atoms with van der Waals surface area (Å²) in [4.78, 5) is 2.10. The molecule has 1 aliphatic rings. The number of halogens is 1. The molecule has 0 saturated carbocycles. The van der Waals surface area contributed by atoms with Crippen molar-refractivity contribution in [3.05, 3.63) is 29.6 Å². The number of aryl methyl sites for hydroxylation is 1. The van der Waals surface area contributed by atoms with Crippen molar-refractivity contribution >= 4 is 10.0 Å². The van der Waals surface area contributed by atoms with Crippen LogP contribution in [-0.4, -0.2) is 52.7 Å². The van der Waals surface area contributed by atoms with E-state index >= 15 is 0 Å². The zero-order valence-electron chi connectivity index (χ0n) is 11.8. The lowest BCUT2D eigenvalue weighted by Gasteiger charge is -2.19. The zero-order chi connectivity index (χ0) is 14.9. The summed E-state index contributed by atoms with van der Waals surface area (Å²) < 4.78 is 45.8. The highest BCUT2D eigenvalue weighted by Gasteiger charge is 2.34. The van der Waals surface area contributed by atoms with Gasteiger partial charge in [0.1, 0.15) is 5.82 Å². The molecule has 1 aromatic rings. The highest BCUT2D eigenvalue weighted by Crippen LogP contribution is 2.19. The van der Waals surface area contributed by atoms with Crippen molar-refractivity contribution in [1.29, 1.82) is 0 Å². The summed E-state index contributed by atoms with van der Waals surface area (Å²) in [5.41, 5.74) is 0.387. The number of hydrogen-bond acceptors (Lipinski definition) is 4. The lowest BCUT2D eigenvalue weighted by Crippen LogP contribution is -2.43. The maximum Gasteiger partial charge on any atom is 0.241 e. The normalized spacial score (nSPS) is 24.2. The largest absolute Gasteiger partial charge is 0.378 e. The quantitative estimate of drug-likeness (QED) is 0.891. The molecule has 0 bridgehead atoms. The van der Waals surface area contributed by atoms with E-state index in [2.05, 4.69) is 4.72 Å². The van der Waals surface area contributed by atoms with Crippen LogP contribution in [0, 0.1) is 12.7 Å². The van der Waals surface area contributed by atoms with Crippen LogP contribution in [0.15, 0.2) is 23.1 Å². The standard InChI is InChI=1S/C13H19FN2O3S/c1-9-6-10(14)4-5-13(9)20(17,18)15-11-7-16(2)8-12(11)19-3/h4-6,11-12,15H,7-8H2,1-3H3/t11-,12-/m0/s1. The topological polar surface area (TPSA) is 58.6 Å². The minimum Gasteiger partial charge on any atom is -0.378 e. The van der Waals surface area contributed by atoms with Crippen molar-refractivity contribution in [1.82, 2.24) is 9.62 Å². The predicted octanol–water partition coefficient (Wildman–Crippen LogP) is 0.741. The fourth-order valence-corrected chi connectivity index (χ4v) is 3.97. The second-order valence-corrected chi connectivity index (χ2v) is 6.82. The van der Waals surface area contributed by atoms with E-state index in [0.717, 1.165) is 6.07 Å². The van der Waals surface area contributed by atoms with Crippen LogP contribution in [0.1, 0.15) is 5.56 Å². The molecule has 1 aromatic carbocycles. The lowest BCUT2D eigenvalue weighted by atomic mass is 10.2. The van der Waals surface area contributed by atoms with Gasteiger partial charge in [-0.3, -0.25) is 0 Å². The molecular weight excluding hydrogens is 283 g/mol. The molecule has 0 aliphatic carbocycles. The van der Waals surface area contributed by atoms with Crippen LogP contribution in [0.4, 0.5) is 4.39 Å². The highest BCUT2D eigenvalue weighted by atomic mass is 32.2. The Morgan fingerprint density at radius 1 is 1.40 bits per heavy atom. The number of rotatable bonds is 4. The monoisotopic (exact) mass is 302 g/mol. The van der Waals surface area contributed by atoms with Crippen LogP contribution in [-0.2, 0) is 14.8 Å². The van der Waals surface area contributed by atoms with E-state index in [1.807, 2.05) is 11.9 Å². The summed E-state index contributed by atoms with van der Waals surface area (Å²) in [5.74, 6) is -0.447. The summed E-state index contributed by atoms with van der Waals surface area (Å²) in [6.45, 7) is 2.83. The zero-order valence-corrected chi connectivity index (χ0v) is 12.6. The number of hydrogen-bond donors (Lipinski definition) is 1. The van der Waals surface area contributed by atoms with Crippen molar-refractivity contribution in [3.63, 3.8) is 0 Å². The molecule has 112 valence electrons. The Hall–Kier alpha value is -1.02. The molecule has 0 radical (unpaired) electrons. The summed E-state index contributed by atoms with van der Waals surface area (Å²) >= 11 is 0. The number of likely N-dealkylation sites (N-methyl/N-ethyl adjacent to an activating group) is 1. The fourth-order valence-electron chi connectivity index (χ4n) is 2.49. The van der Waals surface area contributed by atoms with Gasteiger partial charge in [0.15, 0.2) is 0 Å². The van der Waals surface area contributed by atoms with Gasteiger partial charge in [-0.2, -0.15) is 0 Å². The van der Waals surface area contributed by atoms with Gasteiger partial charge in [0.25, 0.3) is 0 Å². The maximum atomic E-state index is 13.1. The van der Waals surface area contributed by atoms with Gasteiger partial charge in [-0.25, -0.2) is 17.5 Å². The average molecular weight is 302 g/mol. The molecule has 1 fully saturated rings. The fraction of sp³-hybridized carbons (Fsp3) is 0.538. The molecule has 7 heteroatoms. The van der Waals surface area contributed by atoms with Crippen molar-refractivity contribution in [2.24, 2.45) is 0 Å². The molecule has 0 amide bonds. The van der Waals surface area contributed by atoms with Gasteiger partial charge in [-0.05, 0) is 37.7 Å². The number of nitrogens with zero attached hydrogens (tertiary/aromatic N) is 1. The molecule has 1 aliphatic heterocycles. The van der Waals surface area contributed by atoms with Crippen molar-refractivity contribution in [2.75, 3.05) is 27.2 Å². The molecule has 2 rings (SSSR count). The Morgan fingerprint density at radius 3 is 2.70 bits per heavy atom. The number of ether oxygens (including phenoxy) is 1. The van der Waals surface area contributed by atoms with Crippen LogP contribution < -0.4 is 4.72 Å². The van der Waals surface area contributed by atoms with Crippen LogP contribution in [0.3, 0.4) is 0 Å². The third kappa shape index (κ3) is 3.17. The second-order valence-electron chi connectivity index (χ2n) is 5.13. The smallest absolute Gasteiger partial charge is 0.241 e. The summed E-state index contributed by atoms with van der Waals surface area (Å²) in [6, 6.07) is 3.34. The molecule has 0 aromatic heterocycles. The van der Waals surface area contributed by atoms with Gasteiger partial charge in [-0.1, -0.05) is 0 Å². The van der Waals surface area contributed by atoms with E-state index in [4.69, 9.17) is 4.74 Å². The Labute approximate surface area is 118 Å². The predicted molar refractivity (Wildman–Crippen MR) is 73.5 cm³/mol. The van der Waals surface area contributed by atoms with Gasteiger partial charge >= 0.3 is 0 Å². The first-order valence-corrected chi connectivity index (χ1v) is 7.81. The number of methoxy groups -OCH3 is 1. The molecular formula is C13H19FN2O3S. The molecule has 5 nitrogen and oxygen atoms in total. The minimum atomic E-state index is -3.68. The van der Waals surface area contributed by atoms with Gasteiger partial charge in [-0.15, -0.1) is 0 Å². The third-order valence-corrected chi connectivity index (χ3v) is 5.13. The van der Waals surface area contributed by atoms with Gasteiger partial charge in [0.2, 0.25) is 10.0 Å². The van der Waals surface area contributed by atoms with E-state index in [1.54, 1.807) is 14.0 Å². The first-order chi connectivity index (χ1) is 9.33. The minimum absolute atomic E-state index is 0.100. The summed E-state index contributed by atoms with van der Waals surface area (Å²) in [7, 11) is -0.211. The number of benzene rings is 1. The molecule has 1 heterocycles. The maximum absolute atomic E-state index is 13.1. The highest BCUT2D eigenvalue weighted by molar-refractivity contribution is 7.89. The van der Waals surface area contributed by atoms with E-state index in [-0.39, 0.29) is 17.0 Å². The van der Waals surface area contributed by atoms with E-state index in [9.17, 15) is 12.8 Å². The molecule has 1 saturated heterocycles. The van der Waals surface area contributed by atoms with E-state index < -0.39 is 15.8 Å². The number of likely N-dealkylation sites (tertiary alicyclic amines) is 1. The Balaban J connectivity index is 2.23. The molecule has 1 N–H and O–H groups in total. The van der Waals surface area contributed by atoms with Crippen LogP contribution in [0.2, 0.25) is 0 Å². The molecule has 0 spiro atoms. The lowest BCUT2D eigenvalue weighted by molar-refractivity contribution is 0.0969. The molecule has 2 atom stereocenters. The van der Waals surface area contributed by atoms with Crippen LogP contribution in [0.5, 0.6) is 0 Å². The summed E-state index contributed by atoms with van der Waals surface area (Å²) in [6.07, 6.45) is -0.185. The second kappa shape index (κ2) is 5.77. The van der Waals surface area contributed by atoms with Crippen molar-refractivity contribution in [3.8, 4) is 0 Å². The first kappa shape index (κ1) is 15.4. The van der Waals surface area contributed by atoms with Crippen molar-refractivity contribution < 1.29 is 17.5 Å². The van der Waals surface area contributed by atoms with Crippen molar-refractivity contribution in [2.45, 2.75) is 24.0 Å². The first-order valence-electron chi connectivity index (χ1n) is 6.33. The van der Waals surface area contributed by atoms with Gasteiger partial charge in [0.05, 0.1) is 17.0 Å². The van der Waals surface area contributed by atoms with E-state index in [1.165, 1.54) is 12.1 Å². The third-order valence-electron chi connectivity index (χ3n) is 3.48. The Kier molecular flexibility index (Phi) is 4.43. The van der Waals surface area contributed by atoms with Gasteiger partial charge in [0, 0.05) is 20.2 Å². The number of sulfonamides is 1. The SMILES string of the molecule is CO[C@H]1CN(C)C[C@@H]1NS(=O)(=O)c1ccc(F)cc1C. The Bertz CT molecular complexity index is 591.